The largest absolute Gasteiger partial charge is 0.478 e. The standard InChI is InChI=1S/C15H21N3O2/c1-11(2)7-8-18(13-4-5-13)15-16-9-12(10-17-15)3-6-14(19)20/h3,6,9-11,13H,4-5,7-8H2,1-2H3,(H,19,20)/b6-3+. The van der Waals surface area contributed by atoms with Crippen LogP contribution >= 0.6 is 0 Å². The lowest BCUT2D eigenvalue weighted by atomic mass is 10.1. The molecule has 0 atom stereocenters. The van der Waals surface area contributed by atoms with Gasteiger partial charge in [0.1, 0.15) is 0 Å². The van der Waals surface area contributed by atoms with Crippen LogP contribution < -0.4 is 4.90 Å². The highest BCUT2D eigenvalue weighted by molar-refractivity contribution is 5.85. The molecule has 1 fully saturated rings. The van der Waals surface area contributed by atoms with E-state index in [1.165, 1.54) is 18.9 Å². The molecule has 20 heavy (non-hydrogen) atoms. The average Bonchev–Trinajstić information content (AvgIpc) is 3.22. The zero-order chi connectivity index (χ0) is 14.5. The van der Waals surface area contributed by atoms with Crippen molar-refractivity contribution in [2.75, 3.05) is 11.4 Å². The van der Waals surface area contributed by atoms with Crippen molar-refractivity contribution in [3.05, 3.63) is 24.0 Å². The molecule has 2 rings (SSSR count). The number of nitrogens with zero attached hydrogens (tertiary/aromatic N) is 3. The zero-order valence-electron chi connectivity index (χ0n) is 12.0. The van der Waals surface area contributed by atoms with Gasteiger partial charge in [0.05, 0.1) is 0 Å². The van der Waals surface area contributed by atoms with Crippen LogP contribution in [-0.2, 0) is 4.79 Å². The van der Waals surface area contributed by atoms with Gasteiger partial charge in [-0.05, 0) is 31.3 Å². The lowest BCUT2D eigenvalue weighted by Gasteiger charge is -2.23. The summed E-state index contributed by atoms with van der Waals surface area (Å²) in [6.07, 6.45) is 9.49. The van der Waals surface area contributed by atoms with Crippen molar-refractivity contribution in [2.24, 2.45) is 5.92 Å². The highest BCUT2D eigenvalue weighted by Gasteiger charge is 2.30. The van der Waals surface area contributed by atoms with Gasteiger partial charge in [-0.15, -0.1) is 0 Å². The summed E-state index contributed by atoms with van der Waals surface area (Å²) in [6.45, 7) is 5.41. The second-order valence-electron chi connectivity index (χ2n) is 5.60. The van der Waals surface area contributed by atoms with Gasteiger partial charge in [0.25, 0.3) is 0 Å². The summed E-state index contributed by atoms with van der Waals surface area (Å²) in [5.41, 5.74) is 0.704. The number of hydrogen-bond donors (Lipinski definition) is 1. The molecule has 0 bridgehead atoms. The van der Waals surface area contributed by atoms with Crippen molar-refractivity contribution >= 4 is 18.0 Å². The molecule has 0 spiro atoms. The van der Waals surface area contributed by atoms with Crippen molar-refractivity contribution in [3.8, 4) is 0 Å². The van der Waals surface area contributed by atoms with E-state index in [0.717, 1.165) is 25.0 Å². The van der Waals surface area contributed by atoms with Crippen molar-refractivity contribution in [1.29, 1.82) is 0 Å². The maximum absolute atomic E-state index is 10.5. The van der Waals surface area contributed by atoms with Gasteiger partial charge in [-0.3, -0.25) is 0 Å². The molecule has 1 aromatic rings. The van der Waals surface area contributed by atoms with Crippen molar-refractivity contribution in [2.45, 2.75) is 39.2 Å². The Bertz CT molecular complexity index is 478. The molecule has 5 heteroatoms. The van der Waals surface area contributed by atoms with Gasteiger partial charge in [0.2, 0.25) is 5.95 Å². The Morgan fingerprint density at radius 1 is 1.45 bits per heavy atom. The van der Waals surface area contributed by atoms with E-state index in [2.05, 4.69) is 28.7 Å². The van der Waals surface area contributed by atoms with Gasteiger partial charge in [-0.2, -0.15) is 0 Å². The minimum Gasteiger partial charge on any atom is -0.478 e. The number of carbonyl (C=O) groups is 1. The smallest absolute Gasteiger partial charge is 0.328 e. The molecule has 1 aliphatic carbocycles. The van der Waals surface area contributed by atoms with Crippen molar-refractivity contribution in [3.63, 3.8) is 0 Å². The third kappa shape index (κ3) is 4.33. The molecule has 0 radical (unpaired) electrons. The van der Waals surface area contributed by atoms with Crippen LogP contribution in [0.15, 0.2) is 18.5 Å². The molecule has 1 N–H and O–H groups in total. The summed E-state index contributed by atoms with van der Waals surface area (Å²) >= 11 is 0. The first-order valence-electron chi connectivity index (χ1n) is 7.06. The maximum atomic E-state index is 10.5. The molecular weight excluding hydrogens is 254 g/mol. The minimum absolute atomic E-state index is 0.578. The van der Waals surface area contributed by atoms with Crippen LogP contribution in [-0.4, -0.2) is 33.6 Å². The minimum atomic E-state index is -0.967. The Labute approximate surface area is 119 Å². The number of aromatic nitrogens is 2. The fourth-order valence-corrected chi connectivity index (χ4v) is 1.96. The molecule has 108 valence electrons. The van der Waals surface area contributed by atoms with Crippen LogP contribution in [0.1, 0.15) is 38.7 Å². The normalized spacial score (nSPS) is 14.9. The summed E-state index contributed by atoms with van der Waals surface area (Å²) in [7, 11) is 0. The van der Waals surface area contributed by atoms with Crippen LogP contribution in [0.4, 0.5) is 5.95 Å². The second-order valence-corrected chi connectivity index (χ2v) is 5.60. The number of carboxylic acids is 1. The first-order chi connectivity index (χ1) is 9.56. The van der Waals surface area contributed by atoms with E-state index < -0.39 is 5.97 Å². The number of carboxylic acid groups (broad SMARTS) is 1. The van der Waals surface area contributed by atoms with E-state index in [4.69, 9.17) is 5.11 Å². The topological polar surface area (TPSA) is 66.3 Å². The van der Waals surface area contributed by atoms with Crippen LogP contribution in [0.25, 0.3) is 6.08 Å². The van der Waals surface area contributed by atoms with E-state index in [-0.39, 0.29) is 0 Å². The van der Waals surface area contributed by atoms with Crippen LogP contribution in [0.3, 0.4) is 0 Å². The number of aliphatic carboxylic acids is 1. The molecule has 0 aliphatic heterocycles. The van der Waals surface area contributed by atoms with Gasteiger partial charge >= 0.3 is 5.97 Å². The lowest BCUT2D eigenvalue weighted by Crippen LogP contribution is -2.29. The lowest BCUT2D eigenvalue weighted by molar-refractivity contribution is -0.131. The summed E-state index contributed by atoms with van der Waals surface area (Å²) in [5, 5.41) is 8.58. The van der Waals surface area contributed by atoms with Crippen LogP contribution in [0, 0.1) is 5.92 Å². The molecule has 0 saturated heterocycles. The Kier molecular flexibility index (Phi) is 4.71. The molecular formula is C15H21N3O2. The Hall–Kier alpha value is -1.91. The Morgan fingerprint density at radius 3 is 2.60 bits per heavy atom. The SMILES string of the molecule is CC(C)CCN(c1ncc(/C=C/C(=O)O)cn1)C1CC1. The molecule has 0 amide bonds. The van der Waals surface area contributed by atoms with Gasteiger partial charge < -0.3 is 10.0 Å². The first kappa shape index (κ1) is 14.5. The average molecular weight is 275 g/mol. The third-order valence-electron chi connectivity index (χ3n) is 3.27. The molecule has 5 nitrogen and oxygen atoms in total. The third-order valence-corrected chi connectivity index (χ3v) is 3.27. The summed E-state index contributed by atoms with van der Waals surface area (Å²) in [6, 6.07) is 0.578. The van der Waals surface area contributed by atoms with E-state index in [9.17, 15) is 4.79 Å². The Balaban J connectivity index is 2.04. The van der Waals surface area contributed by atoms with E-state index >= 15 is 0 Å². The fourth-order valence-electron chi connectivity index (χ4n) is 1.96. The molecule has 1 aromatic heterocycles. The molecule has 1 aliphatic rings. The van der Waals surface area contributed by atoms with E-state index in [1.807, 2.05) is 0 Å². The second kappa shape index (κ2) is 6.50. The monoisotopic (exact) mass is 275 g/mol. The maximum Gasteiger partial charge on any atom is 0.328 e. The van der Waals surface area contributed by atoms with Crippen molar-refractivity contribution in [1.82, 2.24) is 9.97 Å². The summed E-state index contributed by atoms with van der Waals surface area (Å²) < 4.78 is 0. The van der Waals surface area contributed by atoms with Crippen LogP contribution in [0.2, 0.25) is 0 Å². The van der Waals surface area contributed by atoms with E-state index in [0.29, 0.717) is 17.5 Å². The quantitative estimate of drug-likeness (QED) is 0.775. The highest BCUT2D eigenvalue weighted by atomic mass is 16.4. The zero-order valence-corrected chi connectivity index (χ0v) is 12.0. The Morgan fingerprint density at radius 2 is 2.10 bits per heavy atom. The summed E-state index contributed by atoms with van der Waals surface area (Å²) in [5.74, 6) is 0.445. The van der Waals surface area contributed by atoms with Crippen molar-refractivity contribution < 1.29 is 9.90 Å². The van der Waals surface area contributed by atoms with Gasteiger partial charge in [0.15, 0.2) is 0 Å². The predicted molar refractivity (Wildman–Crippen MR) is 78.5 cm³/mol. The van der Waals surface area contributed by atoms with Gasteiger partial charge in [-0.25, -0.2) is 14.8 Å². The highest BCUT2D eigenvalue weighted by Crippen LogP contribution is 2.30. The number of rotatable bonds is 7. The molecule has 0 unspecified atom stereocenters. The number of hydrogen-bond acceptors (Lipinski definition) is 4. The summed E-state index contributed by atoms with van der Waals surface area (Å²) in [4.78, 5) is 21.5. The molecule has 0 aromatic carbocycles. The van der Waals surface area contributed by atoms with Gasteiger partial charge in [0, 0.05) is 36.6 Å². The molecule has 1 saturated carbocycles. The van der Waals surface area contributed by atoms with Crippen LogP contribution in [0.5, 0.6) is 0 Å². The van der Waals surface area contributed by atoms with Gasteiger partial charge in [-0.1, -0.05) is 13.8 Å². The van der Waals surface area contributed by atoms with E-state index in [1.54, 1.807) is 12.4 Å². The number of anilines is 1. The fraction of sp³-hybridized carbons (Fsp3) is 0.533. The predicted octanol–water partition coefficient (Wildman–Crippen LogP) is 2.59. The molecule has 1 heterocycles. The first-order valence-corrected chi connectivity index (χ1v) is 7.06.